The second-order valence-electron chi connectivity index (χ2n) is 7.73. The van der Waals surface area contributed by atoms with Gasteiger partial charge >= 0.3 is 0 Å². The summed E-state index contributed by atoms with van der Waals surface area (Å²) in [6.45, 7) is 8.67. The average molecular weight is 409 g/mol. The number of rotatable bonds is 12. The molecule has 6 heteroatoms. The highest BCUT2D eigenvalue weighted by molar-refractivity contribution is 5.80. The molecule has 0 aromatic heterocycles. The first-order chi connectivity index (χ1) is 13.9. The van der Waals surface area contributed by atoms with Crippen LogP contribution in [0, 0.1) is 5.92 Å². The van der Waals surface area contributed by atoms with Gasteiger partial charge in [0.25, 0.3) is 0 Å². The van der Waals surface area contributed by atoms with Crippen LogP contribution in [0.25, 0.3) is 0 Å². The zero-order chi connectivity index (χ0) is 21.4. The zero-order valence-corrected chi connectivity index (χ0v) is 18.6. The highest BCUT2D eigenvalue weighted by Gasteiger charge is 2.41. The summed E-state index contributed by atoms with van der Waals surface area (Å²) in [7, 11) is 3.21. The Morgan fingerprint density at radius 2 is 1.86 bits per heavy atom. The molecule has 4 atom stereocenters. The molecule has 0 spiro atoms. The largest absolute Gasteiger partial charge is 0.497 e. The van der Waals surface area contributed by atoms with Crippen molar-refractivity contribution in [3.63, 3.8) is 0 Å². The van der Waals surface area contributed by atoms with E-state index in [2.05, 4.69) is 13.8 Å². The highest BCUT2D eigenvalue weighted by Crippen LogP contribution is 2.33. The summed E-state index contributed by atoms with van der Waals surface area (Å²) < 4.78 is 29.2. The van der Waals surface area contributed by atoms with E-state index in [4.69, 9.17) is 23.7 Å². The Morgan fingerprint density at radius 3 is 2.34 bits per heavy atom. The zero-order valence-electron chi connectivity index (χ0n) is 18.6. The monoisotopic (exact) mass is 408 g/mol. The molecule has 0 radical (unpaired) electrons. The third-order valence-corrected chi connectivity index (χ3v) is 5.83. The molecule has 6 nitrogen and oxygen atoms in total. The Balaban J connectivity index is 2.09. The molecule has 1 aliphatic rings. The molecule has 1 saturated heterocycles. The minimum absolute atomic E-state index is 0.00176. The van der Waals surface area contributed by atoms with Crippen LogP contribution >= 0.6 is 0 Å². The molecule has 0 unspecified atom stereocenters. The maximum Gasteiger partial charge on any atom is 0.168 e. The molecule has 29 heavy (non-hydrogen) atoms. The minimum Gasteiger partial charge on any atom is -0.497 e. The summed E-state index contributed by atoms with van der Waals surface area (Å²) in [5.74, 6) is 0.188. The first kappa shape index (κ1) is 23.8. The number of carbonyl (C=O) groups excluding carboxylic acids is 1. The van der Waals surface area contributed by atoms with E-state index in [0.717, 1.165) is 24.2 Å². The lowest BCUT2D eigenvalue weighted by molar-refractivity contribution is -0.177. The van der Waals surface area contributed by atoms with Gasteiger partial charge in [0.15, 0.2) is 11.6 Å². The molecule has 1 aliphatic heterocycles. The normalized spacial score (nSPS) is 21.5. The van der Waals surface area contributed by atoms with Crippen molar-refractivity contribution in [1.82, 2.24) is 0 Å². The Kier molecular flexibility index (Phi) is 9.08. The lowest BCUT2D eigenvalue weighted by Gasteiger charge is -2.31. The smallest absolute Gasteiger partial charge is 0.168 e. The molecular weight excluding hydrogens is 372 g/mol. The van der Waals surface area contributed by atoms with Gasteiger partial charge in [0.1, 0.15) is 11.9 Å². The second-order valence-corrected chi connectivity index (χ2v) is 7.73. The lowest BCUT2D eigenvalue weighted by atomic mass is 9.91. The van der Waals surface area contributed by atoms with Gasteiger partial charge in [-0.15, -0.1) is 0 Å². The van der Waals surface area contributed by atoms with Crippen LogP contribution in [0.4, 0.5) is 0 Å². The number of benzene rings is 1. The second kappa shape index (κ2) is 11.1. The summed E-state index contributed by atoms with van der Waals surface area (Å²) in [5.41, 5.74) is 1.04. The molecule has 164 valence electrons. The predicted octanol–water partition coefficient (Wildman–Crippen LogP) is 4.14. The summed E-state index contributed by atoms with van der Waals surface area (Å²) in [4.78, 5) is 12.0. The summed E-state index contributed by atoms with van der Waals surface area (Å²) >= 11 is 0. The van der Waals surface area contributed by atoms with Crippen molar-refractivity contribution in [2.24, 2.45) is 5.92 Å². The van der Waals surface area contributed by atoms with E-state index in [0.29, 0.717) is 19.6 Å². The third-order valence-electron chi connectivity index (χ3n) is 5.83. The van der Waals surface area contributed by atoms with Crippen molar-refractivity contribution in [2.45, 2.75) is 77.7 Å². The van der Waals surface area contributed by atoms with Crippen LogP contribution in [0.5, 0.6) is 5.75 Å². The fourth-order valence-corrected chi connectivity index (χ4v) is 3.92. The molecule has 0 N–H and O–H groups in total. The van der Waals surface area contributed by atoms with Gasteiger partial charge in [-0.25, -0.2) is 0 Å². The number of hydrogen-bond acceptors (Lipinski definition) is 6. The number of carbonyl (C=O) groups is 1. The Bertz CT molecular complexity index is 625. The van der Waals surface area contributed by atoms with Crippen molar-refractivity contribution >= 4 is 5.78 Å². The molecule has 1 aromatic carbocycles. The van der Waals surface area contributed by atoms with Crippen LogP contribution in [0.2, 0.25) is 0 Å². The van der Waals surface area contributed by atoms with Crippen LogP contribution < -0.4 is 4.74 Å². The highest BCUT2D eigenvalue weighted by atomic mass is 16.7. The molecule has 1 aromatic rings. The van der Waals surface area contributed by atoms with E-state index in [1.165, 1.54) is 0 Å². The maximum absolute atomic E-state index is 12.0. The van der Waals surface area contributed by atoms with Gasteiger partial charge in [-0.1, -0.05) is 32.9 Å². The number of methoxy groups -OCH3 is 2. The van der Waals surface area contributed by atoms with E-state index in [-0.39, 0.29) is 23.9 Å². The average Bonchev–Trinajstić information content (AvgIpc) is 3.15. The SMILES string of the molecule is CCC1(CC)OC[C@H](C[C@H](OCc2ccc(OC)cc2)[C@H](C)[C@@H](OC)C(C)=O)O1. The van der Waals surface area contributed by atoms with E-state index < -0.39 is 11.9 Å². The molecule has 0 bridgehead atoms. The Morgan fingerprint density at radius 1 is 1.21 bits per heavy atom. The molecule has 1 heterocycles. The molecule has 2 rings (SSSR count). The quantitative estimate of drug-likeness (QED) is 0.518. The first-order valence-corrected chi connectivity index (χ1v) is 10.5. The van der Waals surface area contributed by atoms with Crippen molar-refractivity contribution < 1.29 is 28.5 Å². The van der Waals surface area contributed by atoms with Crippen LogP contribution in [-0.2, 0) is 30.3 Å². The third kappa shape index (κ3) is 6.25. The Labute approximate surface area is 174 Å². The van der Waals surface area contributed by atoms with Crippen LogP contribution in [0.3, 0.4) is 0 Å². The van der Waals surface area contributed by atoms with Crippen LogP contribution in [-0.4, -0.2) is 50.7 Å². The van der Waals surface area contributed by atoms with Gasteiger partial charge in [0.2, 0.25) is 0 Å². The molecular formula is C23H36O6. The first-order valence-electron chi connectivity index (χ1n) is 10.5. The van der Waals surface area contributed by atoms with Crippen molar-refractivity contribution in [3.8, 4) is 5.75 Å². The number of Topliss-reactive ketones (excluding diaryl/α,β-unsaturated/α-hetero) is 1. The lowest BCUT2D eigenvalue weighted by Crippen LogP contribution is -2.39. The van der Waals surface area contributed by atoms with Crippen LogP contribution in [0.1, 0.15) is 52.5 Å². The fourth-order valence-electron chi connectivity index (χ4n) is 3.92. The fraction of sp³-hybridized carbons (Fsp3) is 0.696. The van der Waals surface area contributed by atoms with E-state index >= 15 is 0 Å². The molecule has 0 saturated carbocycles. The van der Waals surface area contributed by atoms with E-state index in [1.54, 1.807) is 21.1 Å². The van der Waals surface area contributed by atoms with Gasteiger partial charge in [0, 0.05) is 19.4 Å². The minimum atomic E-state index is -0.514. The van der Waals surface area contributed by atoms with Crippen molar-refractivity contribution in [1.29, 1.82) is 0 Å². The van der Waals surface area contributed by atoms with Gasteiger partial charge in [-0.05, 0) is 37.5 Å². The van der Waals surface area contributed by atoms with Gasteiger partial charge in [-0.2, -0.15) is 0 Å². The topological polar surface area (TPSA) is 63.2 Å². The maximum atomic E-state index is 12.0. The molecule has 1 fully saturated rings. The van der Waals surface area contributed by atoms with Gasteiger partial charge < -0.3 is 23.7 Å². The summed E-state index contributed by atoms with van der Waals surface area (Å²) in [6.07, 6.45) is 1.47. The standard InChI is InChI=1S/C23H36O6/c1-7-23(8-2)28-15-20(29-23)13-21(16(3)22(26-6)17(4)24)27-14-18-9-11-19(25-5)12-10-18/h9-12,16,20-22H,7-8,13-15H2,1-6H3/t16-,20-,21-,22+/m0/s1. The van der Waals surface area contributed by atoms with E-state index in [1.807, 2.05) is 31.2 Å². The van der Waals surface area contributed by atoms with Gasteiger partial charge in [0.05, 0.1) is 32.5 Å². The molecule has 0 aliphatic carbocycles. The summed E-state index contributed by atoms with van der Waals surface area (Å²) in [5, 5.41) is 0. The van der Waals surface area contributed by atoms with Crippen molar-refractivity contribution in [3.05, 3.63) is 29.8 Å². The predicted molar refractivity (Wildman–Crippen MR) is 111 cm³/mol. The van der Waals surface area contributed by atoms with Crippen LogP contribution in [0.15, 0.2) is 24.3 Å². The number of ketones is 1. The number of ether oxygens (including phenoxy) is 5. The molecule has 0 amide bonds. The van der Waals surface area contributed by atoms with Crippen molar-refractivity contribution in [2.75, 3.05) is 20.8 Å². The van der Waals surface area contributed by atoms with Gasteiger partial charge in [-0.3, -0.25) is 4.79 Å². The number of hydrogen-bond donors (Lipinski definition) is 0. The summed E-state index contributed by atoms with van der Waals surface area (Å²) in [6, 6.07) is 7.78. The Hall–Kier alpha value is -1.47. The van der Waals surface area contributed by atoms with E-state index in [9.17, 15) is 4.79 Å².